The largest absolute Gasteiger partial charge is 0.478 e. The maximum Gasteiger partial charge on any atom is 0.335 e. The lowest BCUT2D eigenvalue weighted by atomic mass is 10.1. The molecule has 0 aliphatic carbocycles. The molecule has 0 amide bonds. The smallest absolute Gasteiger partial charge is 0.335 e. The predicted molar refractivity (Wildman–Crippen MR) is 88.2 cm³/mol. The third-order valence-electron chi connectivity index (χ3n) is 3.31. The van der Waals surface area contributed by atoms with E-state index in [9.17, 15) is 4.79 Å². The molecule has 1 aromatic heterocycles. The fourth-order valence-electron chi connectivity index (χ4n) is 2.33. The summed E-state index contributed by atoms with van der Waals surface area (Å²) in [5.74, 6) is -0.956. The summed E-state index contributed by atoms with van der Waals surface area (Å²) < 4.78 is 0. The number of benzene rings is 2. The second kappa shape index (κ2) is 5.66. The van der Waals surface area contributed by atoms with Gasteiger partial charge in [-0.05, 0) is 37.3 Å². The molecular formula is C17H13ClN2O2. The molecule has 0 saturated heterocycles. The zero-order valence-corrected chi connectivity index (χ0v) is 12.6. The van der Waals surface area contributed by atoms with Gasteiger partial charge in [0.1, 0.15) is 0 Å². The lowest BCUT2D eigenvalue weighted by molar-refractivity contribution is 0.0697. The maximum absolute atomic E-state index is 11.1. The second-order valence-electron chi connectivity index (χ2n) is 4.96. The van der Waals surface area contributed by atoms with Crippen LogP contribution in [0.1, 0.15) is 16.1 Å². The lowest BCUT2D eigenvalue weighted by Crippen LogP contribution is -1.99. The number of rotatable bonds is 3. The molecule has 0 aliphatic rings. The van der Waals surface area contributed by atoms with Crippen molar-refractivity contribution in [3.05, 3.63) is 64.8 Å². The second-order valence-corrected chi connectivity index (χ2v) is 5.37. The number of anilines is 2. The summed E-state index contributed by atoms with van der Waals surface area (Å²) >= 11 is 6.20. The van der Waals surface area contributed by atoms with Crippen molar-refractivity contribution in [2.75, 3.05) is 5.32 Å². The van der Waals surface area contributed by atoms with Gasteiger partial charge in [-0.3, -0.25) is 4.98 Å². The van der Waals surface area contributed by atoms with Crippen LogP contribution in [-0.2, 0) is 0 Å². The number of aromatic nitrogens is 1. The zero-order valence-electron chi connectivity index (χ0n) is 11.8. The number of nitrogens with one attached hydrogen (secondary N) is 1. The average molecular weight is 313 g/mol. The molecule has 4 nitrogen and oxygen atoms in total. The molecule has 0 aliphatic heterocycles. The van der Waals surface area contributed by atoms with Crippen LogP contribution in [-0.4, -0.2) is 16.1 Å². The highest BCUT2D eigenvalue weighted by atomic mass is 35.5. The van der Waals surface area contributed by atoms with Gasteiger partial charge in [-0.15, -0.1) is 0 Å². The first-order valence-corrected chi connectivity index (χ1v) is 7.08. The van der Waals surface area contributed by atoms with Gasteiger partial charge in [-0.1, -0.05) is 29.8 Å². The Morgan fingerprint density at radius 2 is 1.95 bits per heavy atom. The van der Waals surface area contributed by atoms with E-state index in [2.05, 4.69) is 10.3 Å². The summed E-state index contributed by atoms with van der Waals surface area (Å²) in [7, 11) is 0. The summed E-state index contributed by atoms with van der Waals surface area (Å²) in [6, 6.07) is 14.2. The molecule has 0 spiro atoms. The van der Waals surface area contributed by atoms with Gasteiger partial charge in [-0.2, -0.15) is 0 Å². The number of carboxylic acids is 1. The van der Waals surface area contributed by atoms with E-state index in [4.69, 9.17) is 16.7 Å². The Labute approximate surface area is 132 Å². The van der Waals surface area contributed by atoms with E-state index in [0.717, 1.165) is 22.3 Å². The fourth-order valence-corrected chi connectivity index (χ4v) is 2.55. The summed E-state index contributed by atoms with van der Waals surface area (Å²) in [6.45, 7) is 1.89. The Balaban J connectivity index is 2.09. The molecule has 5 heteroatoms. The van der Waals surface area contributed by atoms with Crippen molar-refractivity contribution in [1.82, 2.24) is 4.98 Å². The van der Waals surface area contributed by atoms with Crippen molar-refractivity contribution in [3.63, 3.8) is 0 Å². The normalized spacial score (nSPS) is 10.6. The number of fused-ring (bicyclic) bond motifs is 1. The molecule has 110 valence electrons. The quantitative estimate of drug-likeness (QED) is 0.739. The molecule has 2 N–H and O–H groups in total. The Bertz CT molecular complexity index is 878. The van der Waals surface area contributed by atoms with Crippen LogP contribution in [0, 0.1) is 6.92 Å². The van der Waals surface area contributed by atoms with Crippen LogP contribution in [0.15, 0.2) is 48.5 Å². The Morgan fingerprint density at radius 3 is 2.73 bits per heavy atom. The van der Waals surface area contributed by atoms with E-state index in [1.54, 1.807) is 24.3 Å². The van der Waals surface area contributed by atoms with Crippen LogP contribution in [0.5, 0.6) is 0 Å². The van der Waals surface area contributed by atoms with Gasteiger partial charge in [0.25, 0.3) is 0 Å². The Kier molecular flexibility index (Phi) is 3.69. The number of halogens is 1. The topological polar surface area (TPSA) is 62.2 Å². The lowest BCUT2D eigenvalue weighted by Gasteiger charge is -2.12. The molecule has 0 bridgehead atoms. The molecule has 2 aromatic carbocycles. The number of carboxylic acid groups (broad SMARTS) is 1. The minimum absolute atomic E-state index is 0.234. The van der Waals surface area contributed by atoms with Crippen LogP contribution in [0.3, 0.4) is 0 Å². The van der Waals surface area contributed by atoms with Crippen LogP contribution in [0.4, 0.5) is 11.4 Å². The van der Waals surface area contributed by atoms with Crippen LogP contribution in [0.25, 0.3) is 10.9 Å². The summed E-state index contributed by atoms with van der Waals surface area (Å²) in [5, 5.41) is 13.8. The van der Waals surface area contributed by atoms with Crippen LogP contribution in [0.2, 0.25) is 5.02 Å². The molecule has 3 aromatic rings. The highest BCUT2D eigenvalue weighted by Gasteiger charge is 2.08. The van der Waals surface area contributed by atoms with E-state index in [-0.39, 0.29) is 5.56 Å². The minimum Gasteiger partial charge on any atom is -0.478 e. The summed E-state index contributed by atoms with van der Waals surface area (Å²) in [4.78, 5) is 15.5. The Hall–Kier alpha value is -2.59. The Morgan fingerprint density at radius 1 is 1.18 bits per heavy atom. The SMILES string of the molecule is Cc1cc(Nc2cccc(C(=O)O)c2)c2cccc(Cl)c2n1. The number of hydrogen-bond donors (Lipinski definition) is 2. The van der Waals surface area contributed by atoms with E-state index in [1.807, 2.05) is 31.2 Å². The first-order chi connectivity index (χ1) is 10.5. The van der Waals surface area contributed by atoms with Gasteiger partial charge in [0.15, 0.2) is 0 Å². The number of aryl methyl sites for hydroxylation is 1. The molecule has 22 heavy (non-hydrogen) atoms. The molecule has 3 rings (SSSR count). The van der Waals surface area contributed by atoms with Gasteiger partial charge >= 0.3 is 5.97 Å². The molecule has 0 atom stereocenters. The third kappa shape index (κ3) is 2.73. The van der Waals surface area contributed by atoms with Crippen molar-refractivity contribution in [2.45, 2.75) is 6.92 Å². The van der Waals surface area contributed by atoms with E-state index >= 15 is 0 Å². The first-order valence-electron chi connectivity index (χ1n) is 6.71. The van der Waals surface area contributed by atoms with Crippen molar-refractivity contribution in [2.24, 2.45) is 0 Å². The zero-order chi connectivity index (χ0) is 15.7. The van der Waals surface area contributed by atoms with Gasteiger partial charge in [-0.25, -0.2) is 4.79 Å². The maximum atomic E-state index is 11.1. The molecule has 0 unspecified atom stereocenters. The van der Waals surface area contributed by atoms with Crippen molar-refractivity contribution in [3.8, 4) is 0 Å². The van der Waals surface area contributed by atoms with Gasteiger partial charge in [0.05, 0.1) is 16.1 Å². The number of hydrogen-bond acceptors (Lipinski definition) is 3. The number of carbonyl (C=O) groups is 1. The van der Waals surface area contributed by atoms with E-state index in [1.165, 1.54) is 0 Å². The fraction of sp³-hybridized carbons (Fsp3) is 0.0588. The molecule has 0 fully saturated rings. The third-order valence-corrected chi connectivity index (χ3v) is 3.61. The number of para-hydroxylation sites is 1. The monoisotopic (exact) mass is 312 g/mol. The number of pyridine rings is 1. The number of nitrogens with zero attached hydrogens (tertiary/aromatic N) is 1. The average Bonchev–Trinajstić information content (AvgIpc) is 2.48. The van der Waals surface area contributed by atoms with Gasteiger partial charge in [0.2, 0.25) is 0 Å². The number of aromatic carboxylic acids is 1. The molecule has 0 saturated carbocycles. The molecule has 1 heterocycles. The van der Waals surface area contributed by atoms with Crippen LogP contribution < -0.4 is 5.32 Å². The highest BCUT2D eigenvalue weighted by Crippen LogP contribution is 2.30. The first kappa shape index (κ1) is 14.4. The highest BCUT2D eigenvalue weighted by molar-refractivity contribution is 6.35. The van der Waals surface area contributed by atoms with E-state index in [0.29, 0.717) is 10.7 Å². The molecular weight excluding hydrogens is 300 g/mol. The summed E-state index contributed by atoms with van der Waals surface area (Å²) in [5.41, 5.74) is 3.33. The minimum atomic E-state index is -0.956. The van der Waals surface area contributed by atoms with Crippen molar-refractivity contribution in [1.29, 1.82) is 0 Å². The van der Waals surface area contributed by atoms with Gasteiger partial charge in [0, 0.05) is 22.5 Å². The molecule has 0 radical (unpaired) electrons. The predicted octanol–water partition coefficient (Wildman–Crippen LogP) is 4.64. The standard InChI is InChI=1S/C17H13ClN2O2/c1-10-8-15(13-6-3-7-14(18)16(13)19-10)20-12-5-2-4-11(9-12)17(21)22/h2-9H,1H3,(H,19,20)(H,21,22). The van der Waals surface area contributed by atoms with E-state index < -0.39 is 5.97 Å². The van der Waals surface area contributed by atoms with Gasteiger partial charge < -0.3 is 10.4 Å². The van der Waals surface area contributed by atoms with Crippen molar-refractivity contribution >= 4 is 39.8 Å². The van der Waals surface area contributed by atoms with Crippen LogP contribution >= 0.6 is 11.6 Å². The summed E-state index contributed by atoms with van der Waals surface area (Å²) in [6.07, 6.45) is 0. The van der Waals surface area contributed by atoms with Crippen molar-refractivity contribution < 1.29 is 9.90 Å².